The minimum absolute atomic E-state index is 0.0390. The topological polar surface area (TPSA) is 119 Å². The van der Waals surface area contributed by atoms with Gasteiger partial charge in [-0.25, -0.2) is 0 Å². The average molecular weight is 644 g/mol. The van der Waals surface area contributed by atoms with Crippen molar-refractivity contribution in [3.8, 4) is 5.75 Å². The highest BCUT2D eigenvalue weighted by molar-refractivity contribution is 6.07. The van der Waals surface area contributed by atoms with Gasteiger partial charge in [-0.2, -0.15) is 0 Å². The second kappa shape index (κ2) is 13.1. The third-order valence-electron chi connectivity index (χ3n) is 9.36. The predicted octanol–water partition coefficient (Wildman–Crippen LogP) is 5.88. The maximum absolute atomic E-state index is 14.3. The molecule has 2 aliphatic heterocycles. The van der Waals surface area contributed by atoms with Crippen LogP contribution in [0.1, 0.15) is 58.6 Å². The largest absolute Gasteiger partial charge is 0.497 e. The molecule has 1 fully saturated rings. The van der Waals surface area contributed by atoms with Crippen molar-refractivity contribution in [3.05, 3.63) is 137 Å². The summed E-state index contributed by atoms with van der Waals surface area (Å²) in [6.45, 7) is 3.00. The second-order valence-electron chi connectivity index (χ2n) is 12.4. The monoisotopic (exact) mass is 643 g/mol. The number of fused-ring (bicyclic) bond motifs is 2. The number of hydrogen-bond acceptors (Lipinski definition) is 7. The Balaban J connectivity index is 1.02. The summed E-state index contributed by atoms with van der Waals surface area (Å²) < 4.78 is 13.6. The molecule has 0 unspecified atom stereocenters. The van der Waals surface area contributed by atoms with Crippen molar-refractivity contribution in [1.29, 1.82) is 0 Å². The van der Waals surface area contributed by atoms with Crippen molar-refractivity contribution in [3.63, 3.8) is 0 Å². The van der Waals surface area contributed by atoms with Gasteiger partial charge in [0.15, 0.2) is 5.60 Å². The number of carbonyl (C=O) groups is 2. The van der Waals surface area contributed by atoms with E-state index in [1.54, 1.807) is 42.3 Å². The second-order valence-corrected chi connectivity index (χ2v) is 12.4. The van der Waals surface area contributed by atoms with Crippen LogP contribution in [0.5, 0.6) is 5.75 Å². The maximum atomic E-state index is 14.3. The summed E-state index contributed by atoms with van der Waals surface area (Å²) in [7, 11) is 1.58. The lowest BCUT2D eigenvalue weighted by molar-refractivity contribution is -0.146. The van der Waals surface area contributed by atoms with Gasteiger partial charge in [-0.05, 0) is 66.4 Å². The molecule has 10 nitrogen and oxygen atoms in total. The standard InChI is InChI=1S/C38H37N5O5/c1-25-22-31(20-21-42-24-33(40-41-42)35(44)27-8-4-3-5-9-27)48-38(25)32-10-6-7-11-34(32)43(37(38)46)23-26-12-16-29(17-13-26)39-36(45)28-14-18-30(47-2)19-15-28/h3-19,24-25,31,35,44H,20-23H2,1-2H3,(H,39,45)/t25-,31+,35-,38+/m1/s1. The van der Waals surface area contributed by atoms with Gasteiger partial charge in [0.2, 0.25) is 0 Å². The molecule has 0 aliphatic carbocycles. The van der Waals surface area contributed by atoms with Crippen LogP contribution >= 0.6 is 0 Å². The van der Waals surface area contributed by atoms with Gasteiger partial charge in [0.25, 0.3) is 11.8 Å². The Labute approximate surface area is 278 Å². The normalized spacial score (nSPS) is 20.6. The van der Waals surface area contributed by atoms with Crippen molar-refractivity contribution >= 4 is 23.2 Å². The highest BCUT2D eigenvalue weighted by Gasteiger charge is 2.59. The number of aliphatic hydroxyl groups is 1. The quantitative estimate of drug-likeness (QED) is 0.195. The Bertz CT molecular complexity index is 1910. The summed E-state index contributed by atoms with van der Waals surface area (Å²) in [5.41, 5.74) is 4.04. The first-order valence-corrected chi connectivity index (χ1v) is 16.1. The summed E-state index contributed by atoms with van der Waals surface area (Å²) in [5, 5.41) is 22.1. The molecule has 2 N–H and O–H groups in total. The van der Waals surface area contributed by atoms with Crippen molar-refractivity contribution in [2.24, 2.45) is 5.92 Å². The molecule has 1 saturated heterocycles. The van der Waals surface area contributed by atoms with Gasteiger partial charge >= 0.3 is 0 Å². The van der Waals surface area contributed by atoms with E-state index in [0.717, 1.165) is 28.8 Å². The molecule has 10 heteroatoms. The van der Waals surface area contributed by atoms with E-state index in [9.17, 15) is 14.7 Å². The summed E-state index contributed by atoms with van der Waals surface area (Å²) >= 11 is 0. The fourth-order valence-electron chi connectivity index (χ4n) is 6.81. The molecular weight excluding hydrogens is 606 g/mol. The van der Waals surface area contributed by atoms with Crippen LogP contribution in [0.4, 0.5) is 11.4 Å². The number of anilines is 2. The van der Waals surface area contributed by atoms with Gasteiger partial charge in [-0.15, -0.1) is 5.10 Å². The van der Waals surface area contributed by atoms with Gasteiger partial charge in [-0.1, -0.05) is 72.8 Å². The number of rotatable bonds is 10. The van der Waals surface area contributed by atoms with Crippen LogP contribution in [-0.4, -0.2) is 45.1 Å². The molecular formula is C38H37N5O5. The Morgan fingerprint density at radius 1 is 1.02 bits per heavy atom. The van der Waals surface area contributed by atoms with Crippen LogP contribution in [0.2, 0.25) is 0 Å². The van der Waals surface area contributed by atoms with Gasteiger partial charge in [0.05, 0.1) is 31.6 Å². The Hall–Kier alpha value is -5.32. The predicted molar refractivity (Wildman–Crippen MR) is 180 cm³/mol. The van der Waals surface area contributed by atoms with E-state index in [1.807, 2.05) is 83.8 Å². The third-order valence-corrected chi connectivity index (χ3v) is 9.36. The molecule has 4 atom stereocenters. The van der Waals surface area contributed by atoms with Gasteiger partial charge in [-0.3, -0.25) is 14.3 Å². The lowest BCUT2D eigenvalue weighted by Crippen LogP contribution is -2.43. The van der Waals surface area contributed by atoms with E-state index < -0.39 is 11.7 Å². The first-order valence-electron chi connectivity index (χ1n) is 16.1. The van der Waals surface area contributed by atoms with Crippen LogP contribution in [0.3, 0.4) is 0 Å². The number of aliphatic hydroxyl groups excluding tert-OH is 1. The number of nitrogens with zero attached hydrogens (tertiary/aromatic N) is 4. The number of amides is 2. The molecule has 2 aliphatic rings. The molecule has 5 aromatic rings. The number of benzene rings is 4. The van der Waals surface area contributed by atoms with Crippen LogP contribution in [0, 0.1) is 5.92 Å². The lowest BCUT2D eigenvalue weighted by atomic mass is 9.83. The van der Waals surface area contributed by atoms with Crippen LogP contribution in [0.15, 0.2) is 109 Å². The molecule has 4 aromatic carbocycles. The number of aryl methyl sites for hydroxylation is 1. The van der Waals surface area contributed by atoms with Gasteiger partial charge in [0, 0.05) is 29.3 Å². The molecule has 0 saturated carbocycles. The van der Waals surface area contributed by atoms with Crippen LogP contribution < -0.4 is 15.0 Å². The van der Waals surface area contributed by atoms with Crippen molar-refractivity contribution in [2.75, 3.05) is 17.3 Å². The Kier molecular flexibility index (Phi) is 8.51. The lowest BCUT2D eigenvalue weighted by Gasteiger charge is -2.28. The van der Waals surface area contributed by atoms with Crippen LogP contribution in [0.25, 0.3) is 0 Å². The number of hydrogen-bond donors (Lipinski definition) is 2. The van der Waals surface area contributed by atoms with Crippen molar-refractivity contribution in [1.82, 2.24) is 15.0 Å². The molecule has 7 rings (SSSR count). The minimum Gasteiger partial charge on any atom is -0.497 e. The van der Waals surface area contributed by atoms with E-state index in [-0.39, 0.29) is 23.8 Å². The zero-order valence-electron chi connectivity index (χ0n) is 26.8. The summed E-state index contributed by atoms with van der Waals surface area (Å²) in [6.07, 6.45) is 2.13. The smallest absolute Gasteiger partial charge is 0.264 e. The number of nitrogens with one attached hydrogen (secondary N) is 1. The van der Waals surface area contributed by atoms with Gasteiger partial charge < -0.3 is 24.8 Å². The van der Waals surface area contributed by atoms with E-state index in [4.69, 9.17) is 9.47 Å². The van der Waals surface area contributed by atoms with Crippen molar-refractivity contribution < 1.29 is 24.2 Å². The molecule has 244 valence electrons. The maximum Gasteiger partial charge on any atom is 0.264 e. The zero-order valence-corrected chi connectivity index (χ0v) is 26.8. The first-order chi connectivity index (χ1) is 23.4. The SMILES string of the molecule is COc1ccc(C(=O)Nc2ccc(CN3C(=O)[C@@]4(O[C@@H](CCn5cc([C@H](O)c6ccccc6)nn5)C[C@H]4C)c4ccccc43)cc2)cc1. The summed E-state index contributed by atoms with van der Waals surface area (Å²) in [4.78, 5) is 28.9. The molecule has 0 radical (unpaired) electrons. The number of aromatic nitrogens is 3. The average Bonchev–Trinajstić information content (AvgIpc) is 3.80. The highest BCUT2D eigenvalue weighted by atomic mass is 16.5. The minimum atomic E-state index is -1.06. The van der Waals surface area contributed by atoms with E-state index in [0.29, 0.717) is 42.2 Å². The fraction of sp³-hybridized carbons (Fsp3) is 0.263. The molecule has 3 heterocycles. The third kappa shape index (κ3) is 5.85. The Morgan fingerprint density at radius 2 is 1.75 bits per heavy atom. The summed E-state index contributed by atoms with van der Waals surface area (Å²) in [5.74, 6) is 0.365. The number of ether oxygens (including phenoxy) is 2. The molecule has 1 spiro atoms. The number of para-hydroxylation sites is 1. The first kappa shape index (κ1) is 31.3. The van der Waals surface area contributed by atoms with E-state index in [1.165, 1.54) is 0 Å². The van der Waals surface area contributed by atoms with E-state index in [2.05, 4.69) is 22.6 Å². The molecule has 2 amide bonds. The molecule has 48 heavy (non-hydrogen) atoms. The van der Waals surface area contributed by atoms with Crippen molar-refractivity contribution in [2.45, 2.75) is 50.7 Å². The zero-order chi connectivity index (χ0) is 33.3. The summed E-state index contributed by atoms with van der Waals surface area (Å²) in [6, 6.07) is 31.7. The van der Waals surface area contributed by atoms with E-state index >= 15 is 0 Å². The molecule has 1 aromatic heterocycles. The van der Waals surface area contributed by atoms with Crippen LogP contribution in [-0.2, 0) is 28.2 Å². The number of carbonyl (C=O) groups excluding carboxylic acids is 2. The number of methoxy groups -OCH3 is 1. The highest BCUT2D eigenvalue weighted by Crippen LogP contribution is 2.53. The van der Waals surface area contributed by atoms with Gasteiger partial charge in [0.1, 0.15) is 17.5 Å². The fourth-order valence-corrected chi connectivity index (χ4v) is 6.81. The Morgan fingerprint density at radius 3 is 2.50 bits per heavy atom. The molecule has 0 bridgehead atoms.